The first kappa shape index (κ1) is 12.5. The molecule has 0 bridgehead atoms. The summed E-state index contributed by atoms with van der Waals surface area (Å²) in [5.74, 6) is 0. The topological polar surface area (TPSA) is 29.9 Å². The van der Waals surface area contributed by atoms with Gasteiger partial charge in [-0.25, -0.2) is 0 Å². The third-order valence-corrected chi connectivity index (χ3v) is 2.00. The van der Waals surface area contributed by atoms with Crippen molar-refractivity contribution < 1.29 is 0 Å². The second-order valence-corrected chi connectivity index (χ2v) is 2.87. The van der Waals surface area contributed by atoms with Crippen LogP contribution < -0.4 is 5.32 Å². The molecule has 1 aromatic rings. The average molecular weight is 204 g/mol. The highest BCUT2D eigenvalue weighted by molar-refractivity contribution is 5.85. The second kappa shape index (κ2) is 6.00. The van der Waals surface area contributed by atoms with Gasteiger partial charge >= 0.3 is 0 Å². The van der Waals surface area contributed by atoms with Crippen molar-refractivity contribution in [1.29, 1.82) is 0 Å². The Bertz CT molecular complexity index is 245. The SMILES string of the molecule is CCNCc1c(C)cnn1CC.Cl. The molecule has 0 aliphatic carbocycles. The molecule has 3 nitrogen and oxygen atoms in total. The fourth-order valence-corrected chi connectivity index (χ4v) is 1.25. The number of nitrogens with one attached hydrogen (secondary N) is 1. The summed E-state index contributed by atoms with van der Waals surface area (Å²) in [4.78, 5) is 0. The standard InChI is InChI=1S/C9H17N3.ClH/c1-4-10-7-9-8(3)6-11-12(9)5-2;/h6,10H,4-5,7H2,1-3H3;1H. The molecule has 0 fully saturated rings. The van der Waals surface area contributed by atoms with Gasteiger partial charge in [-0.1, -0.05) is 6.92 Å². The van der Waals surface area contributed by atoms with Gasteiger partial charge in [-0.05, 0) is 26.0 Å². The molecule has 13 heavy (non-hydrogen) atoms. The first-order valence-corrected chi connectivity index (χ1v) is 4.51. The summed E-state index contributed by atoms with van der Waals surface area (Å²) in [6.45, 7) is 9.22. The Morgan fingerprint density at radius 1 is 1.46 bits per heavy atom. The van der Waals surface area contributed by atoms with Gasteiger partial charge in [-0.3, -0.25) is 4.68 Å². The van der Waals surface area contributed by atoms with Crippen molar-refractivity contribution in [3.05, 3.63) is 17.5 Å². The Labute approximate surface area is 85.9 Å². The maximum atomic E-state index is 4.26. The highest BCUT2D eigenvalue weighted by atomic mass is 35.5. The Balaban J connectivity index is 0.00000144. The number of hydrogen-bond donors (Lipinski definition) is 1. The highest BCUT2D eigenvalue weighted by Crippen LogP contribution is 2.05. The van der Waals surface area contributed by atoms with Gasteiger partial charge in [0.1, 0.15) is 0 Å². The summed E-state index contributed by atoms with van der Waals surface area (Å²) in [5.41, 5.74) is 2.58. The Morgan fingerprint density at radius 2 is 2.15 bits per heavy atom. The van der Waals surface area contributed by atoms with Gasteiger partial charge in [-0.15, -0.1) is 12.4 Å². The minimum Gasteiger partial charge on any atom is -0.311 e. The van der Waals surface area contributed by atoms with E-state index in [1.807, 2.05) is 10.9 Å². The first-order valence-electron chi connectivity index (χ1n) is 4.51. The van der Waals surface area contributed by atoms with Crippen LogP contribution in [0.25, 0.3) is 0 Å². The molecule has 1 heterocycles. The Hall–Kier alpha value is -0.540. The first-order chi connectivity index (χ1) is 5.79. The summed E-state index contributed by atoms with van der Waals surface area (Å²) in [7, 11) is 0. The van der Waals surface area contributed by atoms with Crippen LogP contribution in [0.1, 0.15) is 25.1 Å². The lowest BCUT2D eigenvalue weighted by Gasteiger charge is -2.05. The lowest BCUT2D eigenvalue weighted by atomic mass is 10.3. The number of aryl methyl sites for hydroxylation is 2. The van der Waals surface area contributed by atoms with E-state index in [4.69, 9.17) is 0 Å². The van der Waals surface area contributed by atoms with Crippen LogP contribution in [-0.4, -0.2) is 16.3 Å². The van der Waals surface area contributed by atoms with Crippen LogP contribution in [0.4, 0.5) is 0 Å². The van der Waals surface area contributed by atoms with Crippen molar-refractivity contribution in [2.45, 2.75) is 33.9 Å². The van der Waals surface area contributed by atoms with Crippen molar-refractivity contribution in [1.82, 2.24) is 15.1 Å². The number of hydrogen-bond acceptors (Lipinski definition) is 2. The predicted octanol–water partition coefficient (Wildman–Crippen LogP) is 1.74. The van der Waals surface area contributed by atoms with Crippen molar-refractivity contribution in [3.63, 3.8) is 0 Å². The minimum atomic E-state index is 0. The van der Waals surface area contributed by atoms with Crippen molar-refractivity contribution >= 4 is 12.4 Å². The van der Waals surface area contributed by atoms with E-state index in [9.17, 15) is 0 Å². The van der Waals surface area contributed by atoms with Crippen LogP contribution in [0.3, 0.4) is 0 Å². The fraction of sp³-hybridized carbons (Fsp3) is 0.667. The monoisotopic (exact) mass is 203 g/mol. The Kier molecular flexibility index (Phi) is 5.75. The normalized spacial score (nSPS) is 9.77. The molecule has 76 valence electrons. The molecule has 1 rings (SSSR count). The van der Waals surface area contributed by atoms with Crippen LogP contribution in [0.15, 0.2) is 6.20 Å². The quantitative estimate of drug-likeness (QED) is 0.808. The number of halogens is 1. The maximum Gasteiger partial charge on any atom is 0.0551 e. The largest absolute Gasteiger partial charge is 0.311 e. The van der Waals surface area contributed by atoms with E-state index in [0.29, 0.717) is 0 Å². The lowest BCUT2D eigenvalue weighted by Crippen LogP contribution is -2.16. The van der Waals surface area contributed by atoms with E-state index < -0.39 is 0 Å². The zero-order valence-electron chi connectivity index (χ0n) is 8.50. The van der Waals surface area contributed by atoms with Crippen molar-refractivity contribution in [2.24, 2.45) is 0 Å². The van der Waals surface area contributed by atoms with Crippen molar-refractivity contribution in [2.75, 3.05) is 6.54 Å². The molecule has 1 N–H and O–H groups in total. The molecule has 0 aromatic carbocycles. The van der Waals surface area contributed by atoms with Crippen LogP contribution in [-0.2, 0) is 13.1 Å². The molecule has 0 amide bonds. The summed E-state index contributed by atoms with van der Waals surface area (Å²) in [5, 5.41) is 7.57. The van der Waals surface area contributed by atoms with Gasteiger partial charge in [0.05, 0.1) is 11.9 Å². The maximum absolute atomic E-state index is 4.26. The molecule has 0 atom stereocenters. The molecule has 0 aliphatic rings. The molecule has 0 radical (unpaired) electrons. The van der Waals surface area contributed by atoms with E-state index in [1.54, 1.807) is 0 Å². The molecule has 0 aliphatic heterocycles. The van der Waals surface area contributed by atoms with E-state index in [1.165, 1.54) is 11.3 Å². The van der Waals surface area contributed by atoms with Crippen LogP contribution in [0, 0.1) is 6.92 Å². The number of aromatic nitrogens is 2. The molecule has 1 aromatic heterocycles. The van der Waals surface area contributed by atoms with E-state index in [2.05, 4.69) is 31.2 Å². The zero-order chi connectivity index (χ0) is 8.97. The third kappa shape index (κ3) is 3.01. The Morgan fingerprint density at radius 3 is 2.69 bits per heavy atom. The molecule has 0 saturated carbocycles. The summed E-state index contributed by atoms with van der Waals surface area (Å²) >= 11 is 0. The number of rotatable bonds is 4. The summed E-state index contributed by atoms with van der Waals surface area (Å²) < 4.78 is 2.04. The second-order valence-electron chi connectivity index (χ2n) is 2.87. The van der Waals surface area contributed by atoms with Gasteiger partial charge < -0.3 is 5.32 Å². The molecular formula is C9H18ClN3. The fourth-order valence-electron chi connectivity index (χ4n) is 1.25. The van der Waals surface area contributed by atoms with Gasteiger partial charge in [0.2, 0.25) is 0 Å². The average Bonchev–Trinajstić information content (AvgIpc) is 2.43. The van der Waals surface area contributed by atoms with Gasteiger partial charge in [0, 0.05) is 13.1 Å². The third-order valence-electron chi connectivity index (χ3n) is 2.00. The van der Waals surface area contributed by atoms with E-state index in [-0.39, 0.29) is 12.4 Å². The smallest absolute Gasteiger partial charge is 0.0551 e. The summed E-state index contributed by atoms with van der Waals surface area (Å²) in [6.07, 6.45) is 1.93. The molecular weight excluding hydrogens is 186 g/mol. The van der Waals surface area contributed by atoms with Gasteiger partial charge in [0.15, 0.2) is 0 Å². The van der Waals surface area contributed by atoms with Crippen LogP contribution in [0.2, 0.25) is 0 Å². The highest BCUT2D eigenvalue weighted by Gasteiger charge is 2.03. The lowest BCUT2D eigenvalue weighted by molar-refractivity contribution is 0.588. The molecule has 0 saturated heterocycles. The number of nitrogens with zero attached hydrogens (tertiary/aromatic N) is 2. The van der Waals surface area contributed by atoms with E-state index in [0.717, 1.165) is 19.6 Å². The molecule has 0 spiro atoms. The van der Waals surface area contributed by atoms with E-state index >= 15 is 0 Å². The minimum absolute atomic E-state index is 0. The van der Waals surface area contributed by atoms with Gasteiger partial charge in [-0.2, -0.15) is 5.10 Å². The molecule has 0 unspecified atom stereocenters. The van der Waals surface area contributed by atoms with Crippen LogP contribution in [0.5, 0.6) is 0 Å². The molecule has 4 heteroatoms. The van der Waals surface area contributed by atoms with Gasteiger partial charge in [0.25, 0.3) is 0 Å². The predicted molar refractivity (Wildman–Crippen MR) is 57.3 cm³/mol. The van der Waals surface area contributed by atoms with Crippen molar-refractivity contribution in [3.8, 4) is 0 Å². The zero-order valence-corrected chi connectivity index (χ0v) is 9.32. The van der Waals surface area contributed by atoms with Crippen LogP contribution >= 0.6 is 12.4 Å². The summed E-state index contributed by atoms with van der Waals surface area (Å²) in [6, 6.07) is 0.